The Morgan fingerprint density at radius 3 is 2.69 bits per heavy atom. The van der Waals surface area contributed by atoms with Crippen molar-refractivity contribution in [2.45, 2.75) is 44.9 Å². The van der Waals surface area contributed by atoms with E-state index in [0.29, 0.717) is 41.4 Å². The van der Waals surface area contributed by atoms with E-state index < -0.39 is 5.60 Å². The predicted octanol–water partition coefficient (Wildman–Crippen LogP) is 3.14. The number of ether oxygens (including phenoxy) is 1. The van der Waals surface area contributed by atoms with E-state index in [1.807, 2.05) is 42.6 Å². The van der Waals surface area contributed by atoms with Gasteiger partial charge in [0, 0.05) is 11.4 Å². The number of aliphatic hydroxyl groups is 1. The molecule has 3 heterocycles. The van der Waals surface area contributed by atoms with E-state index >= 15 is 0 Å². The van der Waals surface area contributed by atoms with E-state index in [-0.39, 0.29) is 0 Å². The number of rotatable bonds is 7. The molecule has 0 radical (unpaired) electrons. The number of hydrogen-bond acceptors (Lipinski definition) is 8. The molecule has 2 N–H and O–H groups in total. The van der Waals surface area contributed by atoms with Gasteiger partial charge in [-0.2, -0.15) is 0 Å². The van der Waals surface area contributed by atoms with Gasteiger partial charge in [0.15, 0.2) is 0 Å². The molecule has 4 aromatic rings. The highest BCUT2D eigenvalue weighted by Crippen LogP contribution is 2.32. The molecule has 0 saturated heterocycles. The number of methoxy groups -OCH3 is 1. The Balaban J connectivity index is 1.51. The Morgan fingerprint density at radius 2 is 1.94 bits per heavy atom. The van der Waals surface area contributed by atoms with Gasteiger partial charge < -0.3 is 15.2 Å². The van der Waals surface area contributed by atoms with Crippen molar-refractivity contribution in [1.29, 1.82) is 0 Å². The lowest BCUT2D eigenvalue weighted by atomic mass is 10.0. The predicted molar refractivity (Wildman–Crippen MR) is 120 cm³/mol. The second-order valence-electron chi connectivity index (χ2n) is 8.55. The van der Waals surface area contributed by atoms with E-state index in [1.165, 1.54) is 0 Å². The third kappa shape index (κ3) is 4.11. The zero-order valence-corrected chi connectivity index (χ0v) is 18.3. The van der Waals surface area contributed by atoms with Crippen molar-refractivity contribution in [2.75, 3.05) is 12.4 Å². The molecular formula is C23H25N7O2. The van der Waals surface area contributed by atoms with Crippen LogP contribution in [0.4, 0.5) is 5.95 Å². The number of pyridine rings is 1. The van der Waals surface area contributed by atoms with Gasteiger partial charge in [-0.05, 0) is 44.9 Å². The average molecular weight is 432 g/mol. The first-order chi connectivity index (χ1) is 15.4. The van der Waals surface area contributed by atoms with E-state index in [4.69, 9.17) is 9.72 Å². The van der Waals surface area contributed by atoms with Crippen LogP contribution in [0, 0.1) is 0 Å². The minimum Gasteiger partial charge on any atom is -0.494 e. The van der Waals surface area contributed by atoms with Crippen molar-refractivity contribution in [3.8, 4) is 17.1 Å². The fourth-order valence-corrected chi connectivity index (χ4v) is 3.52. The molecule has 0 atom stereocenters. The zero-order valence-electron chi connectivity index (χ0n) is 18.3. The number of fused-ring (bicyclic) bond motifs is 1. The van der Waals surface area contributed by atoms with Crippen LogP contribution >= 0.6 is 0 Å². The molecule has 0 spiro atoms. The van der Waals surface area contributed by atoms with Gasteiger partial charge >= 0.3 is 0 Å². The molecule has 0 amide bonds. The molecule has 5 rings (SSSR count). The van der Waals surface area contributed by atoms with E-state index in [2.05, 4.69) is 25.6 Å². The number of benzene rings is 1. The molecular weight excluding hydrogens is 406 g/mol. The summed E-state index contributed by atoms with van der Waals surface area (Å²) in [5.74, 6) is 1.25. The normalized spacial score (nSPS) is 14.0. The van der Waals surface area contributed by atoms with Gasteiger partial charge in [0.2, 0.25) is 5.95 Å². The Hall–Kier alpha value is -3.59. The molecule has 1 fully saturated rings. The average Bonchev–Trinajstić information content (AvgIpc) is 3.47. The first kappa shape index (κ1) is 20.3. The zero-order chi connectivity index (χ0) is 22.3. The minimum atomic E-state index is -1.01. The molecule has 1 aliphatic carbocycles. The van der Waals surface area contributed by atoms with Gasteiger partial charge in [0.05, 0.1) is 31.2 Å². The summed E-state index contributed by atoms with van der Waals surface area (Å²) in [5.41, 5.74) is 2.46. The minimum absolute atomic E-state index is 0.416. The van der Waals surface area contributed by atoms with Crippen LogP contribution in [0.5, 0.6) is 5.75 Å². The van der Waals surface area contributed by atoms with E-state index in [0.717, 1.165) is 29.4 Å². The molecule has 0 bridgehead atoms. The maximum atomic E-state index is 10.2. The first-order valence-electron chi connectivity index (χ1n) is 10.6. The van der Waals surface area contributed by atoms with Gasteiger partial charge in [0.25, 0.3) is 0 Å². The quantitative estimate of drug-likeness (QED) is 0.459. The molecule has 1 aromatic carbocycles. The summed E-state index contributed by atoms with van der Waals surface area (Å²) in [4.78, 5) is 14.0. The van der Waals surface area contributed by atoms with Crippen LogP contribution in [0.25, 0.3) is 22.3 Å². The fraction of sp³-hybridized carbons (Fsp3) is 0.348. The highest BCUT2D eigenvalue weighted by molar-refractivity contribution is 5.95. The molecule has 1 saturated carbocycles. The van der Waals surface area contributed by atoms with Crippen molar-refractivity contribution < 1.29 is 9.84 Å². The topological polar surface area (TPSA) is 111 Å². The third-order valence-corrected chi connectivity index (χ3v) is 5.36. The lowest BCUT2D eigenvalue weighted by molar-refractivity contribution is 0.0736. The highest BCUT2D eigenvalue weighted by Gasteiger charge is 2.24. The number of hydrogen-bond donors (Lipinski definition) is 2. The molecule has 9 heteroatoms. The van der Waals surface area contributed by atoms with Crippen molar-refractivity contribution in [3.05, 3.63) is 54.0 Å². The summed E-state index contributed by atoms with van der Waals surface area (Å²) in [5, 5.41) is 23.1. The van der Waals surface area contributed by atoms with Crippen molar-refractivity contribution in [3.63, 3.8) is 0 Å². The summed E-state index contributed by atoms with van der Waals surface area (Å²) < 4.78 is 7.24. The Labute approximate surface area is 185 Å². The highest BCUT2D eigenvalue weighted by atomic mass is 16.5. The van der Waals surface area contributed by atoms with E-state index in [9.17, 15) is 5.11 Å². The molecule has 9 nitrogen and oxygen atoms in total. The summed E-state index contributed by atoms with van der Waals surface area (Å²) >= 11 is 0. The van der Waals surface area contributed by atoms with Gasteiger partial charge in [-0.15, -0.1) is 5.10 Å². The fourth-order valence-electron chi connectivity index (χ4n) is 3.52. The maximum Gasteiger partial charge on any atom is 0.224 e. The van der Waals surface area contributed by atoms with Gasteiger partial charge in [0.1, 0.15) is 28.3 Å². The second kappa shape index (κ2) is 7.83. The van der Waals surface area contributed by atoms with Crippen LogP contribution in [0.15, 0.2) is 42.6 Å². The number of para-hydroxylation sites is 1. The van der Waals surface area contributed by atoms with Crippen LogP contribution < -0.4 is 10.1 Å². The molecule has 1 aliphatic rings. The molecule has 3 aromatic heterocycles. The van der Waals surface area contributed by atoms with E-state index in [1.54, 1.807) is 25.6 Å². The number of anilines is 1. The van der Waals surface area contributed by atoms with Crippen LogP contribution in [-0.4, -0.2) is 48.2 Å². The van der Waals surface area contributed by atoms with Crippen LogP contribution in [0.3, 0.4) is 0 Å². The lowest BCUT2D eigenvalue weighted by Crippen LogP contribution is -2.18. The van der Waals surface area contributed by atoms with Crippen molar-refractivity contribution >= 4 is 16.9 Å². The van der Waals surface area contributed by atoms with Gasteiger partial charge in [-0.25, -0.2) is 14.6 Å². The Bertz CT molecular complexity index is 1280. The summed E-state index contributed by atoms with van der Waals surface area (Å²) in [6, 6.07) is 11.8. The van der Waals surface area contributed by atoms with Crippen molar-refractivity contribution in [1.82, 2.24) is 29.9 Å². The second-order valence-corrected chi connectivity index (χ2v) is 8.55. The third-order valence-electron chi connectivity index (χ3n) is 5.36. The van der Waals surface area contributed by atoms with Crippen molar-refractivity contribution in [2.24, 2.45) is 0 Å². The molecule has 0 aliphatic heterocycles. The Morgan fingerprint density at radius 1 is 1.12 bits per heavy atom. The van der Waals surface area contributed by atoms with Crippen LogP contribution in [0.1, 0.15) is 38.1 Å². The summed E-state index contributed by atoms with van der Waals surface area (Å²) in [6.07, 6.45) is 4.09. The monoisotopic (exact) mass is 431 g/mol. The number of aromatic nitrogens is 6. The maximum absolute atomic E-state index is 10.2. The summed E-state index contributed by atoms with van der Waals surface area (Å²) in [7, 11) is 1.63. The van der Waals surface area contributed by atoms with Crippen LogP contribution in [-0.2, 0) is 12.1 Å². The number of nitrogens with one attached hydrogen (secondary N) is 1. The van der Waals surface area contributed by atoms with Crippen LogP contribution in [0.2, 0.25) is 0 Å². The largest absolute Gasteiger partial charge is 0.494 e. The smallest absolute Gasteiger partial charge is 0.224 e. The molecule has 164 valence electrons. The van der Waals surface area contributed by atoms with Gasteiger partial charge in [-0.3, -0.25) is 4.98 Å². The standard InChI is InChI=1S/C23H25N7O2/c1-23(2,31)19-9-4-6-15(24-19)12-30-13-17(28-29-30)20-16-7-5-8-18(32-3)21(16)27-22(26-20)25-14-10-11-14/h4-9,13-14,31H,10-12H2,1-3H3,(H,25,26,27). The summed E-state index contributed by atoms with van der Waals surface area (Å²) in [6.45, 7) is 3.86. The Kier molecular flexibility index (Phi) is 4.97. The SMILES string of the molecule is COc1cccc2c(-c3cn(Cc4cccc(C(C)(C)O)n4)nn3)nc(NC3CC3)nc12. The van der Waals surface area contributed by atoms with Gasteiger partial charge in [-0.1, -0.05) is 23.4 Å². The lowest BCUT2D eigenvalue weighted by Gasteiger charge is -2.17. The first-order valence-corrected chi connectivity index (χ1v) is 10.6. The molecule has 0 unspecified atom stereocenters. The molecule has 32 heavy (non-hydrogen) atoms. The number of nitrogens with zero attached hydrogens (tertiary/aromatic N) is 6.